The maximum atomic E-state index is 13.5. The summed E-state index contributed by atoms with van der Waals surface area (Å²) in [6.45, 7) is 2.06. The number of rotatable bonds is 6. The van der Waals surface area contributed by atoms with Gasteiger partial charge < -0.3 is 10.1 Å². The van der Waals surface area contributed by atoms with Crippen molar-refractivity contribution in [2.24, 2.45) is 11.8 Å². The van der Waals surface area contributed by atoms with Crippen LogP contribution < -0.4 is 5.32 Å². The van der Waals surface area contributed by atoms with E-state index >= 15 is 0 Å². The lowest BCUT2D eigenvalue weighted by molar-refractivity contribution is -0.176. The molecule has 3 aliphatic rings. The third-order valence-electron chi connectivity index (χ3n) is 7.77. The van der Waals surface area contributed by atoms with Gasteiger partial charge in [-0.3, -0.25) is 19.5 Å². The molecule has 2 heterocycles. The highest BCUT2D eigenvalue weighted by atomic mass is 16.5. The van der Waals surface area contributed by atoms with E-state index in [9.17, 15) is 9.59 Å². The van der Waals surface area contributed by atoms with Crippen LogP contribution in [0.15, 0.2) is 48.9 Å². The lowest BCUT2D eigenvalue weighted by atomic mass is 9.66. The summed E-state index contributed by atoms with van der Waals surface area (Å²) in [7, 11) is 0. The molecule has 33 heavy (non-hydrogen) atoms. The zero-order chi connectivity index (χ0) is 22.7. The van der Waals surface area contributed by atoms with Crippen LogP contribution in [0.25, 0.3) is 0 Å². The van der Waals surface area contributed by atoms with Crippen LogP contribution in [-0.4, -0.2) is 52.5 Å². The van der Waals surface area contributed by atoms with Crippen LogP contribution in [0, 0.1) is 11.8 Å². The molecule has 174 valence electrons. The number of amides is 1. The Hall–Kier alpha value is -2.80. The number of hydrogen-bond acceptors (Lipinski definition) is 6. The van der Waals surface area contributed by atoms with Gasteiger partial charge in [0.05, 0.1) is 18.2 Å². The number of piperidine rings is 1. The fourth-order valence-electron chi connectivity index (χ4n) is 5.94. The highest BCUT2D eigenvalue weighted by molar-refractivity contribution is 5.91. The number of carbonyl (C=O) groups is 2. The van der Waals surface area contributed by atoms with E-state index in [1.807, 2.05) is 18.2 Å². The van der Waals surface area contributed by atoms with Crippen LogP contribution in [0.1, 0.15) is 50.5 Å². The molecule has 2 aromatic rings. The van der Waals surface area contributed by atoms with Gasteiger partial charge in [0.2, 0.25) is 5.91 Å². The molecule has 2 aliphatic carbocycles. The first-order valence-electron chi connectivity index (χ1n) is 12.2. The van der Waals surface area contributed by atoms with Crippen molar-refractivity contribution >= 4 is 17.7 Å². The summed E-state index contributed by atoms with van der Waals surface area (Å²) < 4.78 is 6.20. The minimum absolute atomic E-state index is 0.0144. The first-order chi connectivity index (χ1) is 16.1. The largest absolute Gasteiger partial charge is 0.461 e. The number of aromatic nitrogens is 2. The molecule has 1 aromatic carbocycles. The minimum atomic E-state index is -0.482. The summed E-state index contributed by atoms with van der Waals surface area (Å²) in [5.41, 5.74) is 0.624. The topological polar surface area (TPSA) is 84.4 Å². The molecule has 1 aromatic heterocycles. The molecule has 0 spiro atoms. The zero-order valence-electron chi connectivity index (χ0n) is 19.0. The van der Waals surface area contributed by atoms with Crippen molar-refractivity contribution in [1.82, 2.24) is 14.9 Å². The first-order valence-corrected chi connectivity index (χ1v) is 12.2. The average Bonchev–Trinajstić information content (AvgIpc) is 2.84. The van der Waals surface area contributed by atoms with Crippen molar-refractivity contribution in [2.75, 3.05) is 25.0 Å². The average molecular weight is 449 g/mol. The number of nitrogens with zero attached hydrogens (tertiary/aromatic N) is 3. The number of carbonyl (C=O) groups excluding carboxylic acids is 2. The number of likely N-dealkylation sites (tertiary alicyclic amines) is 1. The molecule has 1 amide bonds. The number of esters is 1. The fraction of sp³-hybridized carbons (Fsp3) is 0.538. The summed E-state index contributed by atoms with van der Waals surface area (Å²) in [6.07, 6.45) is 11.7. The quantitative estimate of drug-likeness (QED) is 0.680. The lowest BCUT2D eigenvalue weighted by Gasteiger charge is -2.51. The summed E-state index contributed by atoms with van der Waals surface area (Å²) in [5.74, 6) is 1.27. The first kappa shape index (κ1) is 22.0. The van der Waals surface area contributed by atoms with Crippen molar-refractivity contribution < 1.29 is 14.3 Å². The van der Waals surface area contributed by atoms with E-state index in [0.717, 1.165) is 57.2 Å². The van der Waals surface area contributed by atoms with Gasteiger partial charge in [-0.1, -0.05) is 49.6 Å². The Morgan fingerprint density at radius 1 is 1.12 bits per heavy atom. The molecule has 2 unspecified atom stereocenters. The van der Waals surface area contributed by atoms with Crippen molar-refractivity contribution in [3.63, 3.8) is 0 Å². The van der Waals surface area contributed by atoms with Crippen LogP contribution in [0.3, 0.4) is 0 Å². The van der Waals surface area contributed by atoms with Crippen LogP contribution >= 0.6 is 0 Å². The Morgan fingerprint density at radius 2 is 1.94 bits per heavy atom. The molecule has 2 saturated carbocycles. The molecule has 5 rings (SSSR count). The van der Waals surface area contributed by atoms with Gasteiger partial charge in [0.25, 0.3) is 0 Å². The van der Waals surface area contributed by atoms with E-state index in [1.165, 1.54) is 6.42 Å². The Balaban J connectivity index is 1.15. The molecule has 1 saturated heterocycles. The number of nitrogens with one attached hydrogen (secondary N) is 1. The molecule has 0 radical (unpaired) electrons. The van der Waals surface area contributed by atoms with Gasteiger partial charge in [-0.05, 0) is 43.7 Å². The molecule has 3 fully saturated rings. The molecule has 0 bridgehead atoms. The second-order valence-electron chi connectivity index (χ2n) is 9.77. The van der Waals surface area contributed by atoms with Crippen LogP contribution in [-0.2, 0) is 19.7 Å². The van der Waals surface area contributed by atoms with Gasteiger partial charge in [-0.15, -0.1) is 0 Å². The van der Waals surface area contributed by atoms with Gasteiger partial charge in [0, 0.05) is 24.9 Å². The third kappa shape index (κ3) is 4.64. The van der Waals surface area contributed by atoms with Crippen molar-refractivity contribution in [1.29, 1.82) is 0 Å². The summed E-state index contributed by atoms with van der Waals surface area (Å²) in [4.78, 5) is 36.1. The SMILES string of the molecule is O=C(CN1CCC2C(C[C@@H]2OC(=O)C2(c3ccccc3)CCCCC2)C1)Nc1cnccn1. The van der Waals surface area contributed by atoms with E-state index in [2.05, 4.69) is 32.3 Å². The highest BCUT2D eigenvalue weighted by Crippen LogP contribution is 2.46. The normalized spacial score (nSPS) is 26.5. The zero-order valence-corrected chi connectivity index (χ0v) is 19.0. The van der Waals surface area contributed by atoms with Crippen molar-refractivity contribution in [3.05, 3.63) is 54.5 Å². The minimum Gasteiger partial charge on any atom is -0.461 e. The molecule has 7 heteroatoms. The molecule has 7 nitrogen and oxygen atoms in total. The second-order valence-corrected chi connectivity index (χ2v) is 9.77. The molecule has 1 aliphatic heterocycles. The van der Waals surface area contributed by atoms with Crippen LogP contribution in [0.4, 0.5) is 5.82 Å². The molecule has 3 atom stereocenters. The number of ether oxygens (including phenoxy) is 1. The molecular formula is C26H32N4O3. The molecule has 1 N–H and O–H groups in total. The fourth-order valence-corrected chi connectivity index (χ4v) is 5.94. The maximum Gasteiger partial charge on any atom is 0.316 e. The highest BCUT2D eigenvalue weighted by Gasteiger charge is 2.50. The van der Waals surface area contributed by atoms with Crippen molar-refractivity contribution in [3.8, 4) is 0 Å². The monoisotopic (exact) mass is 448 g/mol. The Labute approximate surface area is 194 Å². The Bertz CT molecular complexity index is 962. The predicted molar refractivity (Wildman–Crippen MR) is 124 cm³/mol. The Kier molecular flexibility index (Phi) is 6.40. The number of benzene rings is 1. The van der Waals surface area contributed by atoms with Crippen LogP contribution in [0.5, 0.6) is 0 Å². The second kappa shape index (κ2) is 9.59. The summed E-state index contributed by atoms with van der Waals surface area (Å²) in [5, 5.41) is 2.80. The standard InChI is InChI=1S/C26H32N4O3/c31-24(29-23-16-27-12-13-28-23)18-30-14-9-21-19(17-30)15-22(21)33-25(32)26(10-5-2-6-11-26)20-7-3-1-4-8-20/h1,3-4,7-8,12-13,16,19,21-22H,2,5-6,9-11,14-15,17-18H2,(H,28,29,31)/t19?,21?,22-/m0/s1. The van der Waals surface area contributed by atoms with Crippen LogP contribution in [0.2, 0.25) is 0 Å². The number of anilines is 1. The van der Waals surface area contributed by atoms with E-state index in [4.69, 9.17) is 4.74 Å². The van der Waals surface area contributed by atoms with Gasteiger partial charge in [-0.2, -0.15) is 0 Å². The van der Waals surface area contributed by atoms with Gasteiger partial charge >= 0.3 is 5.97 Å². The number of hydrogen-bond donors (Lipinski definition) is 1. The summed E-state index contributed by atoms with van der Waals surface area (Å²) >= 11 is 0. The van der Waals surface area contributed by atoms with E-state index in [-0.39, 0.29) is 18.0 Å². The Morgan fingerprint density at radius 3 is 2.67 bits per heavy atom. The van der Waals surface area contributed by atoms with E-state index < -0.39 is 5.41 Å². The number of fused-ring (bicyclic) bond motifs is 1. The van der Waals surface area contributed by atoms with Gasteiger partial charge in [0.1, 0.15) is 6.10 Å². The maximum absolute atomic E-state index is 13.5. The van der Waals surface area contributed by atoms with E-state index in [0.29, 0.717) is 24.2 Å². The van der Waals surface area contributed by atoms with Crippen molar-refractivity contribution in [2.45, 2.75) is 56.5 Å². The van der Waals surface area contributed by atoms with Gasteiger partial charge in [0.15, 0.2) is 5.82 Å². The predicted octanol–water partition coefficient (Wildman–Crippen LogP) is 3.57. The van der Waals surface area contributed by atoms with E-state index in [1.54, 1.807) is 18.6 Å². The molecular weight excluding hydrogens is 416 g/mol. The third-order valence-corrected chi connectivity index (χ3v) is 7.77. The lowest BCUT2D eigenvalue weighted by Crippen LogP contribution is -2.56. The smallest absolute Gasteiger partial charge is 0.316 e. The van der Waals surface area contributed by atoms with Gasteiger partial charge in [-0.25, -0.2) is 4.98 Å². The summed E-state index contributed by atoms with van der Waals surface area (Å²) in [6, 6.07) is 10.2.